The molecule has 4 nitrogen and oxygen atoms in total. The molecule has 0 aromatic carbocycles. The summed E-state index contributed by atoms with van der Waals surface area (Å²) in [5, 5.41) is 4.16. The lowest BCUT2D eigenvalue weighted by molar-refractivity contribution is 0.112. The van der Waals surface area contributed by atoms with E-state index < -0.39 is 6.43 Å². The van der Waals surface area contributed by atoms with E-state index in [9.17, 15) is 13.6 Å². The predicted octanol–water partition coefficient (Wildman–Crippen LogP) is 3.28. The summed E-state index contributed by atoms with van der Waals surface area (Å²) in [5.74, 6) is 0. The van der Waals surface area contributed by atoms with Crippen LogP contribution in [0.4, 0.5) is 8.78 Å². The van der Waals surface area contributed by atoms with E-state index in [-0.39, 0.29) is 17.3 Å². The molecule has 0 bridgehead atoms. The van der Waals surface area contributed by atoms with Crippen LogP contribution in [0.15, 0.2) is 24.7 Å². The lowest BCUT2D eigenvalue weighted by Crippen LogP contribution is -2.00. The van der Waals surface area contributed by atoms with Crippen molar-refractivity contribution in [1.82, 2.24) is 14.8 Å². The molecule has 0 atom stereocenters. The second-order valence-electron chi connectivity index (χ2n) is 4.43. The molecule has 0 amide bonds. The zero-order valence-corrected chi connectivity index (χ0v) is 10.5. The van der Waals surface area contributed by atoms with Gasteiger partial charge in [0.25, 0.3) is 6.43 Å². The molecule has 0 spiro atoms. The van der Waals surface area contributed by atoms with Gasteiger partial charge in [-0.3, -0.25) is 14.5 Å². The van der Waals surface area contributed by atoms with Crippen LogP contribution >= 0.6 is 0 Å². The number of carbonyl (C=O) groups is 1. The van der Waals surface area contributed by atoms with Gasteiger partial charge in [-0.2, -0.15) is 5.10 Å². The van der Waals surface area contributed by atoms with Gasteiger partial charge in [0.05, 0.1) is 5.56 Å². The average Bonchev–Trinajstić information content (AvgIpc) is 2.84. The first-order valence-corrected chi connectivity index (χ1v) is 5.80. The first-order chi connectivity index (χ1) is 9.02. The molecular weight excluding hydrogens is 252 g/mol. The minimum Gasteiger partial charge on any atom is -0.298 e. The molecule has 0 saturated carbocycles. The third-order valence-corrected chi connectivity index (χ3v) is 2.69. The summed E-state index contributed by atoms with van der Waals surface area (Å²) < 4.78 is 27.5. The van der Waals surface area contributed by atoms with Gasteiger partial charge in [-0.25, -0.2) is 8.78 Å². The second-order valence-corrected chi connectivity index (χ2v) is 4.43. The maximum atomic E-state index is 13.0. The van der Waals surface area contributed by atoms with Crippen molar-refractivity contribution in [2.45, 2.75) is 26.3 Å². The molecule has 0 fully saturated rings. The van der Waals surface area contributed by atoms with Crippen LogP contribution in [-0.2, 0) is 0 Å². The van der Waals surface area contributed by atoms with Crippen molar-refractivity contribution in [1.29, 1.82) is 0 Å². The van der Waals surface area contributed by atoms with Gasteiger partial charge in [0.1, 0.15) is 5.69 Å². The van der Waals surface area contributed by atoms with E-state index in [1.54, 1.807) is 0 Å². The lowest BCUT2D eigenvalue weighted by atomic mass is 10.1. The van der Waals surface area contributed by atoms with Gasteiger partial charge >= 0.3 is 0 Å². The van der Waals surface area contributed by atoms with Crippen molar-refractivity contribution in [3.8, 4) is 11.3 Å². The minimum absolute atomic E-state index is 0.0199. The fourth-order valence-corrected chi connectivity index (χ4v) is 1.71. The molecule has 2 rings (SSSR count). The van der Waals surface area contributed by atoms with Gasteiger partial charge in [-0.05, 0) is 19.9 Å². The van der Waals surface area contributed by atoms with Crippen molar-refractivity contribution in [2.24, 2.45) is 0 Å². The highest BCUT2D eigenvalue weighted by Crippen LogP contribution is 2.30. The normalized spacial score (nSPS) is 11.3. The SMILES string of the molecule is CC(C)n1cc(C(F)F)c(-c2cncc(C=O)c2)n1. The molecule has 2 aromatic rings. The largest absolute Gasteiger partial charge is 0.298 e. The Morgan fingerprint density at radius 2 is 2.05 bits per heavy atom. The molecule has 19 heavy (non-hydrogen) atoms. The Morgan fingerprint density at radius 3 is 2.63 bits per heavy atom. The van der Waals surface area contributed by atoms with E-state index in [4.69, 9.17) is 0 Å². The van der Waals surface area contributed by atoms with Crippen molar-refractivity contribution in [2.75, 3.05) is 0 Å². The zero-order valence-electron chi connectivity index (χ0n) is 10.5. The minimum atomic E-state index is -2.62. The summed E-state index contributed by atoms with van der Waals surface area (Å²) in [4.78, 5) is 14.6. The number of aldehydes is 1. The fourth-order valence-electron chi connectivity index (χ4n) is 1.71. The predicted molar refractivity (Wildman–Crippen MR) is 66.2 cm³/mol. The summed E-state index contributed by atoms with van der Waals surface area (Å²) >= 11 is 0. The summed E-state index contributed by atoms with van der Waals surface area (Å²) in [6.07, 6.45) is 2.13. The van der Waals surface area contributed by atoms with E-state index in [0.29, 0.717) is 17.4 Å². The van der Waals surface area contributed by atoms with E-state index in [1.807, 2.05) is 13.8 Å². The summed E-state index contributed by atoms with van der Waals surface area (Å²) in [6.45, 7) is 3.71. The van der Waals surface area contributed by atoms with E-state index in [0.717, 1.165) is 0 Å². The molecule has 0 N–H and O–H groups in total. The van der Waals surface area contributed by atoms with Gasteiger partial charge in [-0.1, -0.05) is 0 Å². The van der Waals surface area contributed by atoms with Gasteiger partial charge < -0.3 is 0 Å². The highest BCUT2D eigenvalue weighted by Gasteiger charge is 2.20. The Balaban J connectivity index is 2.56. The molecule has 0 radical (unpaired) electrons. The topological polar surface area (TPSA) is 47.8 Å². The molecule has 0 aliphatic carbocycles. The van der Waals surface area contributed by atoms with E-state index in [1.165, 1.54) is 29.3 Å². The lowest BCUT2D eigenvalue weighted by Gasteiger charge is -2.03. The van der Waals surface area contributed by atoms with Gasteiger partial charge in [-0.15, -0.1) is 0 Å². The molecule has 0 saturated heterocycles. The molecule has 6 heteroatoms. The Kier molecular flexibility index (Phi) is 3.69. The molecule has 0 aliphatic rings. The first kappa shape index (κ1) is 13.3. The average molecular weight is 265 g/mol. The number of halogens is 2. The van der Waals surface area contributed by atoms with Crippen molar-refractivity contribution in [3.63, 3.8) is 0 Å². The Morgan fingerprint density at radius 1 is 1.32 bits per heavy atom. The molecule has 100 valence electrons. The van der Waals surface area contributed by atoms with Gasteiger partial charge in [0, 0.05) is 35.8 Å². The summed E-state index contributed by atoms with van der Waals surface area (Å²) in [6, 6.07) is 1.48. The number of alkyl halides is 2. The van der Waals surface area contributed by atoms with Crippen LogP contribution in [0.25, 0.3) is 11.3 Å². The van der Waals surface area contributed by atoms with Crippen LogP contribution in [0.3, 0.4) is 0 Å². The molecule has 0 aliphatic heterocycles. The van der Waals surface area contributed by atoms with Crippen molar-refractivity contribution < 1.29 is 13.6 Å². The van der Waals surface area contributed by atoms with Crippen molar-refractivity contribution in [3.05, 3.63) is 35.8 Å². The highest BCUT2D eigenvalue weighted by molar-refractivity contribution is 5.77. The number of pyridine rings is 1. The monoisotopic (exact) mass is 265 g/mol. The molecular formula is C13H13F2N3O. The van der Waals surface area contributed by atoms with Crippen LogP contribution in [0.2, 0.25) is 0 Å². The maximum absolute atomic E-state index is 13.0. The molecule has 2 aromatic heterocycles. The van der Waals surface area contributed by atoms with Crippen LogP contribution in [0.1, 0.15) is 42.2 Å². The third-order valence-electron chi connectivity index (χ3n) is 2.69. The van der Waals surface area contributed by atoms with Crippen molar-refractivity contribution >= 4 is 6.29 Å². The number of hydrogen-bond acceptors (Lipinski definition) is 3. The first-order valence-electron chi connectivity index (χ1n) is 5.80. The third kappa shape index (κ3) is 2.67. The van der Waals surface area contributed by atoms with E-state index in [2.05, 4.69) is 10.1 Å². The standard InChI is InChI=1S/C13H13F2N3O/c1-8(2)18-6-11(13(14)15)12(17-18)10-3-9(7-19)4-16-5-10/h3-8,13H,1-2H3. The second kappa shape index (κ2) is 5.26. The Labute approximate surface area is 109 Å². The molecule has 2 heterocycles. The smallest absolute Gasteiger partial charge is 0.267 e. The fraction of sp³-hybridized carbons (Fsp3) is 0.308. The quantitative estimate of drug-likeness (QED) is 0.797. The van der Waals surface area contributed by atoms with Crippen LogP contribution in [0.5, 0.6) is 0 Å². The zero-order chi connectivity index (χ0) is 14.0. The Hall–Kier alpha value is -2.11. The van der Waals surface area contributed by atoms with Gasteiger partial charge in [0.2, 0.25) is 0 Å². The summed E-state index contributed by atoms with van der Waals surface area (Å²) in [5.41, 5.74) is 0.759. The van der Waals surface area contributed by atoms with Crippen LogP contribution in [0, 0.1) is 0 Å². The molecule has 0 unspecified atom stereocenters. The van der Waals surface area contributed by atoms with Crippen LogP contribution < -0.4 is 0 Å². The summed E-state index contributed by atoms with van der Waals surface area (Å²) in [7, 11) is 0. The van der Waals surface area contributed by atoms with E-state index >= 15 is 0 Å². The Bertz CT molecular complexity index is 593. The number of hydrogen-bond donors (Lipinski definition) is 0. The van der Waals surface area contributed by atoms with Gasteiger partial charge in [0.15, 0.2) is 6.29 Å². The maximum Gasteiger partial charge on any atom is 0.267 e. The number of nitrogens with zero attached hydrogens (tertiary/aromatic N) is 3. The highest BCUT2D eigenvalue weighted by atomic mass is 19.3. The van der Waals surface area contributed by atoms with Crippen LogP contribution in [-0.4, -0.2) is 21.1 Å². The number of rotatable bonds is 4. The number of carbonyl (C=O) groups excluding carboxylic acids is 1. The number of aromatic nitrogens is 3.